The van der Waals surface area contributed by atoms with Gasteiger partial charge in [-0.05, 0) is 19.4 Å². The fourth-order valence-corrected chi connectivity index (χ4v) is 3.67. The summed E-state index contributed by atoms with van der Waals surface area (Å²) in [4.78, 5) is 16.8. The monoisotopic (exact) mass is 405 g/mol. The molecule has 2 aliphatic heterocycles. The molecule has 2 aliphatic rings. The van der Waals surface area contributed by atoms with Crippen molar-refractivity contribution in [2.45, 2.75) is 26.0 Å². The van der Waals surface area contributed by atoms with Gasteiger partial charge in [-0.1, -0.05) is 30.3 Å². The molecule has 0 atom stereocenters. The Hall–Kier alpha value is -2.31. The molecule has 0 aliphatic carbocycles. The Morgan fingerprint density at radius 1 is 1.11 bits per heavy atom. The largest absolute Gasteiger partial charge is 0.474 e. The van der Waals surface area contributed by atoms with E-state index in [-0.39, 0.29) is 24.1 Å². The normalized spacial score (nSPS) is 18.2. The minimum absolute atomic E-state index is 0. The van der Waals surface area contributed by atoms with Gasteiger partial charge in [-0.25, -0.2) is 4.39 Å². The van der Waals surface area contributed by atoms with Crippen LogP contribution in [-0.2, 0) is 11.3 Å². The van der Waals surface area contributed by atoms with Crippen molar-refractivity contribution < 1.29 is 13.9 Å². The second-order valence-corrected chi connectivity index (χ2v) is 7.50. The predicted molar refractivity (Wildman–Crippen MR) is 111 cm³/mol. The van der Waals surface area contributed by atoms with Crippen molar-refractivity contribution in [3.8, 4) is 5.75 Å². The average Bonchev–Trinajstić information content (AvgIpc) is 2.67. The average molecular weight is 406 g/mol. The Bertz CT molecular complexity index is 854. The van der Waals surface area contributed by atoms with Gasteiger partial charge in [0.1, 0.15) is 5.82 Å². The van der Waals surface area contributed by atoms with Crippen molar-refractivity contribution in [2.75, 3.05) is 36.0 Å². The Kier molecular flexibility index (Phi) is 5.82. The molecule has 2 aromatic rings. The van der Waals surface area contributed by atoms with Crippen molar-refractivity contribution >= 4 is 29.7 Å². The second kappa shape index (κ2) is 7.97. The molecule has 0 unspecified atom stereocenters. The number of halogens is 2. The third kappa shape index (κ3) is 3.80. The van der Waals surface area contributed by atoms with Crippen molar-refractivity contribution in [3.63, 3.8) is 0 Å². The highest BCUT2D eigenvalue weighted by Gasteiger charge is 2.42. The number of fused-ring (bicyclic) bond motifs is 1. The smallest absolute Gasteiger partial charge is 0.271 e. The number of hydrogen-bond acceptors (Lipinski definition) is 4. The number of benzene rings is 2. The van der Waals surface area contributed by atoms with Crippen LogP contribution in [0.5, 0.6) is 5.75 Å². The van der Waals surface area contributed by atoms with E-state index in [0.29, 0.717) is 23.7 Å². The van der Waals surface area contributed by atoms with Crippen molar-refractivity contribution in [1.29, 1.82) is 0 Å². The molecule has 2 heterocycles. The standard InChI is InChI=1S/C21H24FN3O2.ClH/c1-21(2)20(26)25(14-15-6-4-3-5-7-15)18-13-16(22)12-17(19(18)27-21)24-10-8-23-9-11-24;/h3-7,12-13,23H,8-11,14H2,1-2H3;1H. The minimum atomic E-state index is -1.01. The fourth-order valence-electron chi connectivity index (χ4n) is 3.67. The molecule has 0 radical (unpaired) electrons. The number of nitrogens with zero attached hydrogens (tertiary/aromatic N) is 2. The van der Waals surface area contributed by atoms with Crippen LogP contribution in [0.3, 0.4) is 0 Å². The second-order valence-electron chi connectivity index (χ2n) is 7.50. The van der Waals surface area contributed by atoms with Gasteiger partial charge in [0, 0.05) is 38.3 Å². The van der Waals surface area contributed by atoms with Gasteiger partial charge >= 0.3 is 0 Å². The van der Waals surface area contributed by atoms with Crippen LogP contribution in [-0.4, -0.2) is 37.7 Å². The van der Waals surface area contributed by atoms with Crippen molar-refractivity contribution in [3.05, 3.63) is 53.8 Å². The highest BCUT2D eigenvalue weighted by molar-refractivity contribution is 6.03. The van der Waals surface area contributed by atoms with Gasteiger partial charge in [0.2, 0.25) is 0 Å². The summed E-state index contributed by atoms with van der Waals surface area (Å²) >= 11 is 0. The zero-order valence-electron chi connectivity index (χ0n) is 16.1. The van der Waals surface area contributed by atoms with E-state index >= 15 is 0 Å². The van der Waals surface area contributed by atoms with Gasteiger partial charge in [0.15, 0.2) is 11.4 Å². The van der Waals surface area contributed by atoms with Crippen molar-refractivity contribution in [2.24, 2.45) is 0 Å². The van der Waals surface area contributed by atoms with Gasteiger partial charge in [0.05, 0.1) is 17.9 Å². The number of ether oxygens (including phenoxy) is 1. The van der Waals surface area contributed by atoms with E-state index in [1.165, 1.54) is 12.1 Å². The van der Waals surface area contributed by atoms with E-state index in [1.54, 1.807) is 18.7 Å². The maximum Gasteiger partial charge on any atom is 0.271 e. The Morgan fingerprint density at radius 3 is 2.43 bits per heavy atom. The molecule has 5 nitrogen and oxygen atoms in total. The first-order valence-corrected chi connectivity index (χ1v) is 9.30. The lowest BCUT2D eigenvalue weighted by molar-refractivity contribution is -0.132. The lowest BCUT2D eigenvalue weighted by Crippen LogP contribution is -2.53. The van der Waals surface area contributed by atoms with E-state index in [9.17, 15) is 9.18 Å². The summed E-state index contributed by atoms with van der Waals surface area (Å²) in [5.74, 6) is 0.0472. The van der Waals surface area contributed by atoms with Gasteiger partial charge in [-0.3, -0.25) is 4.79 Å². The number of rotatable bonds is 3. The van der Waals surface area contributed by atoms with E-state index in [1.807, 2.05) is 30.3 Å². The molecule has 1 N–H and O–H groups in total. The van der Waals surface area contributed by atoms with Crippen molar-refractivity contribution in [1.82, 2.24) is 5.32 Å². The van der Waals surface area contributed by atoms with Crippen LogP contribution in [0.2, 0.25) is 0 Å². The summed E-state index contributed by atoms with van der Waals surface area (Å²) in [6.07, 6.45) is 0. The summed E-state index contributed by atoms with van der Waals surface area (Å²) in [7, 11) is 0. The molecule has 0 spiro atoms. The first-order chi connectivity index (χ1) is 13.0. The quantitative estimate of drug-likeness (QED) is 0.850. The number of nitrogens with one attached hydrogen (secondary N) is 1. The number of carbonyl (C=O) groups is 1. The molecule has 7 heteroatoms. The summed E-state index contributed by atoms with van der Waals surface area (Å²) in [5, 5.41) is 3.30. The zero-order chi connectivity index (χ0) is 19.0. The maximum absolute atomic E-state index is 14.5. The molecule has 1 amide bonds. The van der Waals surface area contributed by atoms with Crippen LogP contribution < -0.4 is 19.9 Å². The number of hydrogen-bond donors (Lipinski definition) is 1. The van der Waals surface area contributed by atoms with E-state index in [2.05, 4.69) is 10.2 Å². The molecule has 28 heavy (non-hydrogen) atoms. The lowest BCUT2D eigenvalue weighted by Gasteiger charge is -2.41. The van der Waals surface area contributed by atoms with E-state index in [4.69, 9.17) is 4.74 Å². The predicted octanol–water partition coefficient (Wildman–Crippen LogP) is 3.36. The van der Waals surface area contributed by atoms with Crippen LogP contribution in [0.4, 0.5) is 15.8 Å². The summed E-state index contributed by atoms with van der Waals surface area (Å²) in [6, 6.07) is 12.6. The molecule has 4 rings (SSSR count). The highest BCUT2D eigenvalue weighted by Crippen LogP contribution is 2.45. The molecule has 2 aromatic carbocycles. The lowest BCUT2D eigenvalue weighted by atomic mass is 10.0. The van der Waals surface area contributed by atoms with E-state index < -0.39 is 5.60 Å². The zero-order valence-corrected chi connectivity index (χ0v) is 16.9. The molecule has 0 bridgehead atoms. The Morgan fingerprint density at radius 2 is 1.75 bits per heavy atom. The van der Waals surface area contributed by atoms with Crippen LogP contribution in [0.1, 0.15) is 19.4 Å². The third-order valence-corrected chi connectivity index (χ3v) is 5.06. The van der Waals surface area contributed by atoms with E-state index in [0.717, 1.165) is 31.7 Å². The molecule has 0 saturated carbocycles. The molecule has 150 valence electrons. The molecular formula is C21H25ClFN3O2. The molecule has 0 aromatic heterocycles. The Balaban J connectivity index is 0.00000225. The number of amides is 1. The van der Waals surface area contributed by atoms with Crippen LogP contribution in [0, 0.1) is 5.82 Å². The summed E-state index contributed by atoms with van der Waals surface area (Å²) < 4.78 is 20.6. The van der Waals surface area contributed by atoms with Gasteiger partial charge in [0.25, 0.3) is 5.91 Å². The molecule has 1 saturated heterocycles. The summed E-state index contributed by atoms with van der Waals surface area (Å²) in [5.41, 5.74) is 1.19. The van der Waals surface area contributed by atoms with Gasteiger partial charge in [-0.15, -0.1) is 12.4 Å². The maximum atomic E-state index is 14.5. The fraction of sp³-hybridized carbons (Fsp3) is 0.381. The number of anilines is 2. The van der Waals surface area contributed by atoms with Gasteiger partial charge in [-0.2, -0.15) is 0 Å². The SMILES string of the molecule is CC1(C)Oc2c(N3CCNCC3)cc(F)cc2N(Cc2ccccc2)C1=O.Cl. The third-order valence-electron chi connectivity index (χ3n) is 5.06. The number of piperazine rings is 1. The molecular weight excluding hydrogens is 381 g/mol. The Labute approximate surface area is 170 Å². The minimum Gasteiger partial charge on any atom is -0.474 e. The van der Waals surface area contributed by atoms with Crippen LogP contribution >= 0.6 is 12.4 Å². The first kappa shape index (κ1) is 20.4. The molecule has 1 fully saturated rings. The topological polar surface area (TPSA) is 44.8 Å². The number of carbonyl (C=O) groups excluding carboxylic acids is 1. The highest BCUT2D eigenvalue weighted by atomic mass is 35.5. The van der Waals surface area contributed by atoms with Crippen LogP contribution in [0.15, 0.2) is 42.5 Å². The summed E-state index contributed by atoms with van der Waals surface area (Å²) in [6.45, 7) is 7.12. The first-order valence-electron chi connectivity index (χ1n) is 9.30. The van der Waals surface area contributed by atoms with Gasteiger partial charge < -0.3 is 19.9 Å². The van der Waals surface area contributed by atoms with Crippen LogP contribution in [0.25, 0.3) is 0 Å².